The van der Waals surface area contributed by atoms with Crippen molar-refractivity contribution in [2.45, 2.75) is 25.7 Å². The fourth-order valence-corrected chi connectivity index (χ4v) is 3.07. The van der Waals surface area contributed by atoms with Crippen LogP contribution in [0.1, 0.15) is 30.9 Å². The zero-order valence-electron chi connectivity index (χ0n) is 13.7. The van der Waals surface area contributed by atoms with Gasteiger partial charge in [0, 0.05) is 13.5 Å². The highest BCUT2D eigenvalue weighted by Crippen LogP contribution is 2.22. The van der Waals surface area contributed by atoms with Gasteiger partial charge in [-0.2, -0.15) is 0 Å². The monoisotopic (exact) mass is 349 g/mol. The number of carbonyl (C=O) groups excluding carboxylic acids is 1. The maximum atomic E-state index is 11.9. The van der Waals surface area contributed by atoms with Gasteiger partial charge in [-0.25, -0.2) is 13.1 Å². The van der Waals surface area contributed by atoms with E-state index >= 15 is 0 Å². The third-order valence-corrected chi connectivity index (χ3v) is 4.70. The van der Waals surface area contributed by atoms with Gasteiger partial charge in [-0.1, -0.05) is 30.3 Å². The molecule has 0 saturated heterocycles. The minimum absolute atomic E-state index is 0.205. The van der Waals surface area contributed by atoms with Crippen LogP contribution in [0.3, 0.4) is 0 Å². The molecule has 1 aromatic heterocycles. The topological polar surface area (TPSA) is 101 Å². The number of amides is 1. The minimum atomic E-state index is -3.46. The first-order valence-corrected chi connectivity index (χ1v) is 8.83. The molecule has 2 N–H and O–H groups in total. The summed E-state index contributed by atoms with van der Waals surface area (Å²) >= 11 is 0. The van der Waals surface area contributed by atoms with Crippen LogP contribution in [0.5, 0.6) is 0 Å². The molecule has 0 spiro atoms. The van der Waals surface area contributed by atoms with Crippen LogP contribution in [0, 0.1) is 6.92 Å². The molecule has 1 aromatic carbocycles. The molecule has 0 aliphatic heterocycles. The highest BCUT2D eigenvalue weighted by molar-refractivity contribution is 7.89. The van der Waals surface area contributed by atoms with E-state index < -0.39 is 10.0 Å². The molecule has 0 aliphatic rings. The molecule has 0 radical (unpaired) electrons. The lowest BCUT2D eigenvalue weighted by Gasteiger charge is -2.04. The Balaban J connectivity index is 2.20. The molecule has 2 aromatic rings. The van der Waals surface area contributed by atoms with E-state index in [0.717, 1.165) is 5.56 Å². The van der Waals surface area contributed by atoms with Gasteiger partial charge in [0.25, 0.3) is 0 Å². The number of nitrogens with zero attached hydrogens (tertiary/aromatic N) is 1. The van der Waals surface area contributed by atoms with Crippen LogP contribution in [-0.4, -0.2) is 26.0 Å². The van der Waals surface area contributed by atoms with Crippen LogP contribution in [-0.2, 0) is 14.8 Å². The Morgan fingerprint density at radius 2 is 1.92 bits per heavy atom. The van der Waals surface area contributed by atoms with Crippen molar-refractivity contribution < 1.29 is 17.7 Å². The summed E-state index contributed by atoms with van der Waals surface area (Å²) < 4.78 is 31.4. The summed E-state index contributed by atoms with van der Waals surface area (Å²) in [5, 5.41) is 6.49. The third-order valence-electron chi connectivity index (χ3n) is 3.14. The number of hydrogen-bond donors (Lipinski definition) is 2. The average molecular weight is 349 g/mol. The van der Waals surface area contributed by atoms with Crippen molar-refractivity contribution >= 4 is 33.8 Å². The summed E-state index contributed by atoms with van der Waals surface area (Å²) in [6, 6.07) is 6.42. The van der Waals surface area contributed by atoms with Gasteiger partial charge in [-0.3, -0.25) is 4.79 Å². The van der Waals surface area contributed by atoms with Crippen molar-refractivity contribution in [2.75, 3.05) is 11.9 Å². The molecule has 0 atom stereocenters. The molecule has 0 saturated carbocycles. The average Bonchev–Trinajstić information content (AvgIpc) is 2.86. The van der Waals surface area contributed by atoms with Gasteiger partial charge in [0.1, 0.15) is 11.4 Å². The van der Waals surface area contributed by atoms with Crippen LogP contribution in [0.2, 0.25) is 0 Å². The van der Waals surface area contributed by atoms with Crippen molar-refractivity contribution in [3.63, 3.8) is 0 Å². The summed E-state index contributed by atoms with van der Waals surface area (Å²) in [5.74, 6) is 0.209. The fourth-order valence-electron chi connectivity index (χ4n) is 2.03. The van der Waals surface area contributed by atoms with Crippen LogP contribution in [0.25, 0.3) is 12.2 Å². The number of aromatic nitrogens is 1. The molecule has 1 heterocycles. The molecular weight excluding hydrogens is 330 g/mol. The number of aryl methyl sites for hydroxylation is 1. The Labute approximate surface area is 140 Å². The highest BCUT2D eigenvalue weighted by atomic mass is 32.2. The van der Waals surface area contributed by atoms with Gasteiger partial charge < -0.3 is 9.84 Å². The van der Waals surface area contributed by atoms with Crippen molar-refractivity contribution in [1.82, 2.24) is 9.88 Å². The summed E-state index contributed by atoms with van der Waals surface area (Å²) in [5.41, 5.74) is 1.88. The number of benzene rings is 1. The first-order chi connectivity index (χ1) is 11.3. The predicted octanol–water partition coefficient (Wildman–Crippen LogP) is 2.41. The lowest BCUT2D eigenvalue weighted by Crippen LogP contribution is -2.22. The maximum absolute atomic E-state index is 11.9. The number of carbonyl (C=O) groups is 1. The molecule has 24 heavy (non-hydrogen) atoms. The highest BCUT2D eigenvalue weighted by Gasteiger charge is 2.13. The maximum Gasteiger partial charge on any atom is 0.240 e. The Hall–Kier alpha value is -2.45. The smallest absolute Gasteiger partial charge is 0.240 e. The van der Waals surface area contributed by atoms with Crippen LogP contribution >= 0.6 is 0 Å². The molecule has 1 amide bonds. The molecule has 8 heteroatoms. The number of anilines is 1. The van der Waals surface area contributed by atoms with Gasteiger partial charge in [0.15, 0.2) is 5.76 Å². The second kappa shape index (κ2) is 7.41. The molecule has 7 nitrogen and oxygen atoms in total. The van der Waals surface area contributed by atoms with Crippen molar-refractivity contribution in [2.24, 2.45) is 0 Å². The van der Waals surface area contributed by atoms with E-state index in [2.05, 4.69) is 15.2 Å². The lowest BCUT2D eigenvalue weighted by molar-refractivity contribution is -0.114. The molecule has 0 unspecified atom stereocenters. The van der Waals surface area contributed by atoms with E-state index in [1.165, 1.54) is 19.1 Å². The van der Waals surface area contributed by atoms with E-state index in [9.17, 15) is 13.2 Å². The summed E-state index contributed by atoms with van der Waals surface area (Å²) in [6.45, 7) is 5.19. The van der Waals surface area contributed by atoms with Gasteiger partial charge in [-0.05, 0) is 30.7 Å². The second-order valence-electron chi connectivity index (χ2n) is 5.09. The Morgan fingerprint density at radius 1 is 1.25 bits per heavy atom. The third kappa shape index (κ3) is 4.30. The van der Waals surface area contributed by atoms with E-state index in [1.54, 1.807) is 38.1 Å². The number of rotatable bonds is 6. The van der Waals surface area contributed by atoms with E-state index in [1.807, 2.05) is 0 Å². The first-order valence-electron chi connectivity index (χ1n) is 7.35. The normalized spacial score (nSPS) is 11.8. The van der Waals surface area contributed by atoms with Crippen LogP contribution in [0.15, 0.2) is 33.7 Å². The molecule has 2 rings (SSSR count). The molecule has 0 fully saturated rings. The minimum Gasteiger partial charge on any atom is -0.354 e. The zero-order chi connectivity index (χ0) is 17.7. The number of sulfonamides is 1. The molecule has 0 aliphatic carbocycles. The summed E-state index contributed by atoms with van der Waals surface area (Å²) in [7, 11) is -3.46. The molecule has 0 bridgehead atoms. The first kappa shape index (κ1) is 17.9. The van der Waals surface area contributed by atoms with Crippen LogP contribution < -0.4 is 10.0 Å². The van der Waals surface area contributed by atoms with Gasteiger partial charge in [-0.15, -0.1) is 0 Å². The zero-order valence-corrected chi connectivity index (χ0v) is 14.5. The van der Waals surface area contributed by atoms with E-state index in [4.69, 9.17) is 4.52 Å². The fraction of sp³-hybridized carbons (Fsp3) is 0.250. The van der Waals surface area contributed by atoms with E-state index in [-0.39, 0.29) is 10.8 Å². The van der Waals surface area contributed by atoms with Gasteiger partial charge in [0.05, 0.1) is 4.90 Å². The Morgan fingerprint density at radius 3 is 2.50 bits per heavy atom. The van der Waals surface area contributed by atoms with Crippen molar-refractivity contribution in [1.29, 1.82) is 0 Å². The van der Waals surface area contributed by atoms with Gasteiger partial charge >= 0.3 is 0 Å². The quantitative estimate of drug-likeness (QED) is 0.834. The second-order valence-corrected chi connectivity index (χ2v) is 6.86. The van der Waals surface area contributed by atoms with Crippen molar-refractivity contribution in [3.8, 4) is 0 Å². The molecule has 128 valence electrons. The number of nitrogens with one attached hydrogen (secondary N) is 2. The number of hydrogen-bond acceptors (Lipinski definition) is 5. The van der Waals surface area contributed by atoms with Crippen LogP contribution in [0.4, 0.5) is 5.69 Å². The van der Waals surface area contributed by atoms with E-state index in [0.29, 0.717) is 23.7 Å². The lowest BCUT2D eigenvalue weighted by atomic mass is 10.2. The van der Waals surface area contributed by atoms with Crippen molar-refractivity contribution in [3.05, 3.63) is 41.3 Å². The largest absolute Gasteiger partial charge is 0.354 e. The summed E-state index contributed by atoms with van der Waals surface area (Å²) in [6.07, 6.45) is 3.41. The van der Waals surface area contributed by atoms with Gasteiger partial charge in [0.2, 0.25) is 15.9 Å². The summed E-state index contributed by atoms with van der Waals surface area (Å²) in [4.78, 5) is 11.4. The standard InChI is InChI=1S/C16H19N3O4S/c1-4-17-24(21,22)14-8-5-13(6-9-14)7-10-15-16(18-12(3)20)11(2)19-23-15/h5-10,17H,4H2,1-3H3,(H,18,20)/b10-7-. The SMILES string of the molecule is CCNS(=O)(=O)c1ccc(/C=C\c2onc(C)c2NC(C)=O)cc1. The Bertz CT molecular complexity index is 852. The predicted molar refractivity (Wildman–Crippen MR) is 91.8 cm³/mol. The Kier molecular flexibility index (Phi) is 5.53. The molecular formula is C16H19N3O4S.